The smallest absolute Gasteiger partial charge is 0.258 e. The number of hydrogen-bond acceptors (Lipinski definition) is 3. The molecule has 1 unspecified atom stereocenters. The maximum absolute atomic E-state index is 13.7. The molecule has 5 nitrogen and oxygen atoms in total. The van der Waals surface area contributed by atoms with Crippen LogP contribution in [0.2, 0.25) is 0 Å². The Balaban J connectivity index is 1.63. The molecule has 0 saturated carbocycles. The fourth-order valence-electron chi connectivity index (χ4n) is 4.60. The van der Waals surface area contributed by atoms with Crippen molar-refractivity contribution in [3.63, 3.8) is 0 Å². The first-order valence-electron chi connectivity index (χ1n) is 11.4. The Hall–Kier alpha value is -3.60. The van der Waals surface area contributed by atoms with Gasteiger partial charge in [0.2, 0.25) is 5.91 Å². The maximum atomic E-state index is 13.7. The summed E-state index contributed by atoms with van der Waals surface area (Å²) in [5.41, 5.74) is 3.43. The molecular formula is C28H30N2O3. The Morgan fingerprint density at radius 2 is 1.64 bits per heavy atom. The molecule has 0 aliphatic carbocycles. The quantitative estimate of drug-likeness (QED) is 0.523. The molecule has 3 aromatic rings. The average Bonchev–Trinajstić information content (AvgIpc) is 2.86. The summed E-state index contributed by atoms with van der Waals surface area (Å²) in [6, 6.07) is 24.9. The van der Waals surface area contributed by atoms with Gasteiger partial charge in [-0.3, -0.25) is 9.59 Å². The first kappa shape index (κ1) is 22.6. The van der Waals surface area contributed by atoms with Gasteiger partial charge in [0.05, 0.1) is 13.0 Å². The minimum Gasteiger partial charge on any atom is -0.497 e. The van der Waals surface area contributed by atoms with Gasteiger partial charge in [-0.15, -0.1) is 0 Å². The SMILES string of the molecule is CCN(Cc1ccccc1)C(=O)C1C[C@H](C)N(C(=O)c2ccc(OC)cc2)c2ccccc21. The summed E-state index contributed by atoms with van der Waals surface area (Å²) in [5.74, 6) is 0.472. The van der Waals surface area contributed by atoms with Crippen molar-refractivity contribution in [1.82, 2.24) is 4.90 Å². The van der Waals surface area contributed by atoms with Crippen LogP contribution in [0.4, 0.5) is 5.69 Å². The molecule has 1 aliphatic rings. The van der Waals surface area contributed by atoms with E-state index in [0.29, 0.717) is 30.8 Å². The minimum absolute atomic E-state index is 0.0693. The van der Waals surface area contributed by atoms with E-state index in [1.54, 1.807) is 31.4 Å². The number of benzene rings is 3. The van der Waals surface area contributed by atoms with Crippen molar-refractivity contribution in [3.8, 4) is 5.75 Å². The Bertz CT molecular complexity index is 1110. The van der Waals surface area contributed by atoms with E-state index < -0.39 is 0 Å². The summed E-state index contributed by atoms with van der Waals surface area (Å²) in [4.78, 5) is 30.9. The lowest BCUT2D eigenvalue weighted by Gasteiger charge is -2.40. The zero-order valence-electron chi connectivity index (χ0n) is 19.4. The predicted molar refractivity (Wildman–Crippen MR) is 131 cm³/mol. The number of methoxy groups -OCH3 is 1. The molecule has 2 atom stereocenters. The molecule has 170 valence electrons. The lowest BCUT2D eigenvalue weighted by Crippen LogP contribution is -2.46. The number of anilines is 1. The van der Waals surface area contributed by atoms with Crippen molar-refractivity contribution in [2.75, 3.05) is 18.6 Å². The number of carbonyl (C=O) groups excluding carboxylic acids is 2. The second-order valence-corrected chi connectivity index (χ2v) is 8.44. The zero-order valence-corrected chi connectivity index (χ0v) is 19.4. The Morgan fingerprint density at radius 3 is 2.30 bits per heavy atom. The standard InChI is InChI=1S/C28H30N2O3/c1-4-29(19-21-10-6-5-7-11-21)28(32)25-18-20(2)30(26-13-9-8-12-24(25)26)27(31)22-14-16-23(33-3)17-15-22/h5-17,20,25H,4,18-19H2,1-3H3/t20-,25?/m0/s1. The molecule has 0 saturated heterocycles. The molecule has 3 aromatic carbocycles. The molecular weight excluding hydrogens is 412 g/mol. The lowest BCUT2D eigenvalue weighted by atomic mass is 9.84. The van der Waals surface area contributed by atoms with Crippen LogP contribution in [0.15, 0.2) is 78.9 Å². The van der Waals surface area contributed by atoms with Gasteiger partial charge >= 0.3 is 0 Å². The van der Waals surface area contributed by atoms with Crippen LogP contribution < -0.4 is 9.64 Å². The molecule has 1 aliphatic heterocycles. The minimum atomic E-state index is -0.278. The number of carbonyl (C=O) groups is 2. The second-order valence-electron chi connectivity index (χ2n) is 8.44. The second kappa shape index (κ2) is 9.90. The summed E-state index contributed by atoms with van der Waals surface area (Å²) in [7, 11) is 1.61. The molecule has 0 bridgehead atoms. The molecule has 0 spiro atoms. The van der Waals surface area contributed by atoms with E-state index in [9.17, 15) is 9.59 Å². The number of fused-ring (bicyclic) bond motifs is 1. The Kier molecular flexibility index (Phi) is 6.78. The highest BCUT2D eigenvalue weighted by molar-refractivity contribution is 6.08. The third kappa shape index (κ3) is 4.63. The van der Waals surface area contributed by atoms with Gasteiger partial charge in [0.1, 0.15) is 5.75 Å². The van der Waals surface area contributed by atoms with E-state index in [1.807, 2.05) is 78.2 Å². The molecule has 0 N–H and O–H groups in total. The topological polar surface area (TPSA) is 49.9 Å². The van der Waals surface area contributed by atoms with Crippen LogP contribution in [0.5, 0.6) is 5.75 Å². The van der Waals surface area contributed by atoms with Gasteiger partial charge in [-0.25, -0.2) is 0 Å². The zero-order chi connectivity index (χ0) is 23.4. The van der Waals surface area contributed by atoms with Gasteiger partial charge < -0.3 is 14.5 Å². The van der Waals surface area contributed by atoms with Crippen molar-refractivity contribution in [3.05, 3.63) is 95.6 Å². The summed E-state index contributed by atoms with van der Waals surface area (Å²) in [5, 5.41) is 0. The number of hydrogen-bond donors (Lipinski definition) is 0. The van der Waals surface area contributed by atoms with Gasteiger partial charge in [-0.1, -0.05) is 48.5 Å². The normalized spacial score (nSPS) is 17.2. The van der Waals surface area contributed by atoms with Crippen LogP contribution in [-0.2, 0) is 11.3 Å². The third-order valence-corrected chi connectivity index (χ3v) is 6.35. The average molecular weight is 443 g/mol. The monoisotopic (exact) mass is 442 g/mol. The number of rotatable bonds is 6. The number of nitrogens with zero attached hydrogens (tertiary/aromatic N) is 2. The van der Waals surface area contributed by atoms with Gasteiger partial charge in [0, 0.05) is 30.4 Å². The third-order valence-electron chi connectivity index (χ3n) is 6.35. The van der Waals surface area contributed by atoms with Crippen molar-refractivity contribution < 1.29 is 14.3 Å². The van der Waals surface area contributed by atoms with Crippen molar-refractivity contribution in [1.29, 1.82) is 0 Å². The molecule has 4 rings (SSSR count). The highest BCUT2D eigenvalue weighted by Gasteiger charge is 2.38. The van der Waals surface area contributed by atoms with Crippen molar-refractivity contribution in [2.24, 2.45) is 0 Å². The fourth-order valence-corrected chi connectivity index (χ4v) is 4.60. The van der Waals surface area contributed by atoms with Crippen molar-refractivity contribution in [2.45, 2.75) is 38.8 Å². The molecule has 2 amide bonds. The summed E-state index contributed by atoms with van der Waals surface area (Å²) in [6.45, 7) is 5.25. The fraction of sp³-hybridized carbons (Fsp3) is 0.286. The number of likely N-dealkylation sites (N-methyl/N-ethyl adjacent to an activating group) is 1. The largest absolute Gasteiger partial charge is 0.497 e. The van der Waals surface area contributed by atoms with Crippen molar-refractivity contribution >= 4 is 17.5 Å². The van der Waals surface area contributed by atoms with E-state index in [0.717, 1.165) is 16.8 Å². The first-order valence-corrected chi connectivity index (χ1v) is 11.4. The highest BCUT2D eigenvalue weighted by atomic mass is 16.5. The summed E-state index contributed by atoms with van der Waals surface area (Å²) >= 11 is 0. The van der Waals surface area contributed by atoms with Crippen LogP contribution in [0, 0.1) is 0 Å². The molecule has 0 radical (unpaired) electrons. The first-order chi connectivity index (χ1) is 16.0. The highest BCUT2D eigenvalue weighted by Crippen LogP contribution is 2.40. The van der Waals surface area contributed by atoms with Crippen LogP contribution in [0.1, 0.15) is 47.7 Å². The number of para-hydroxylation sites is 1. The Labute approximate surface area is 195 Å². The van der Waals surface area contributed by atoms with Crippen LogP contribution in [-0.4, -0.2) is 36.4 Å². The van der Waals surface area contributed by atoms with Crippen LogP contribution in [0.3, 0.4) is 0 Å². The van der Waals surface area contributed by atoms with Gasteiger partial charge in [0.25, 0.3) is 5.91 Å². The van der Waals surface area contributed by atoms with Gasteiger partial charge in [0.15, 0.2) is 0 Å². The van der Waals surface area contributed by atoms with Crippen LogP contribution >= 0.6 is 0 Å². The molecule has 0 fully saturated rings. The van der Waals surface area contributed by atoms with Gasteiger partial charge in [-0.05, 0) is 61.7 Å². The molecule has 5 heteroatoms. The van der Waals surface area contributed by atoms with Gasteiger partial charge in [-0.2, -0.15) is 0 Å². The van der Waals surface area contributed by atoms with E-state index in [2.05, 4.69) is 0 Å². The van der Waals surface area contributed by atoms with E-state index >= 15 is 0 Å². The van der Waals surface area contributed by atoms with E-state index in [4.69, 9.17) is 4.74 Å². The molecule has 1 heterocycles. The maximum Gasteiger partial charge on any atom is 0.258 e. The van der Waals surface area contributed by atoms with E-state index in [1.165, 1.54) is 0 Å². The summed E-state index contributed by atoms with van der Waals surface area (Å²) in [6.07, 6.45) is 0.586. The predicted octanol–water partition coefficient (Wildman–Crippen LogP) is 5.27. The number of ether oxygens (including phenoxy) is 1. The summed E-state index contributed by atoms with van der Waals surface area (Å²) < 4.78 is 5.22. The lowest BCUT2D eigenvalue weighted by molar-refractivity contribution is -0.133. The Morgan fingerprint density at radius 1 is 0.970 bits per heavy atom. The van der Waals surface area contributed by atoms with E-state index in [-0.39, 0.29) is 23.8 Å². The van der Waals surface area contributed by atoms with Crippen LogP contribution in [0.25, 0.3) is 0 Å². The molecule has 0 aromatic heterocycles. The molecule has 33 heavy (non-hydrogen) atoms. The number of amides is 2.